The molecule has 0 fully saturated rings. The van der Waals surface area contributed by atoms with Crippen LogP contribution >= 0.6 is 0 Å². The normalized spacial score (nSPS) is 12.0. The van der Waals surface area contributed by atoms with Crippen LogP contribution in [0.15, 0.2) is 42.7 Å². The van der Waals surface area contributed by atoms with E-state index >= 15 is 0 Å². The number of aromatic nitrogens is 1. The summed E-state index contributed by atoms with van der Waals surface area (Å²) in [6, 6.07) is 8.34. The van der Waals surface area contributed by atoms with Crippen LogP contribution in [0.2, 0.25) is 0 Å². The molecule has 2 aromatic rings. The first-order chi connectivity index (χ1) is 6.83. The summed E-state index contributed by atoms with van der Waals surface area (Å²) in [5.41, 5.74) is 2.50. The molecule has 2 rings (SSSR count). The lowest BCUT2D eigenvalue weighted by molar-refractivity contribution is 1.34. The maximum atomic E-state index is 4.24. The highest BCUT2D eigenvalue weighted by molar-refractivity contribution is 5.92. The standard InChI is InChI=1S/C13H13N/c1-3-10(2)13-9-14-8-11-6-4-5-7-12(11)13/h3-9H,1-2H3/b10-3+. The predicted octanol–water partition coefficient (Wildman–Crippen LogP) is 3.66. The Kier molecular flexibility index (Phi) is 2.32. The van der Waals surface area contributed by atoms with Crippen LogP contribution in [-0.4, -0.2) is 4.98 Å². The molecule has 0 spiro atoms. The van der Waals surface area contributed by atoms with Crippen molar-refractivity contribution in [3.05, 3.63) is 48.3 Å². The van der Waals surface area contributed by atoms with Gasteiger partial charge in [-0.15, -0.1) is 0 Å². The van der Waals surface area contributed by atoms with Gasteiger partial charge in [-0.05, 0) is 24.8 Å². The lowest BCUT2D eigenvalue weighted by Gasteiger charge is -2.05. The molecule has 0 unspecified atom stereocenters. The first kappa shape index (κ1) is 8.95. The Bertz CT molecular complexity index is 478. The monoisotopic (exact) mass is 183 g/mol. The number of allylic oxidation sites excluding steroid dienone is 2. The average Bonchev–Trinajstić information content (AvgIpc) is 2.27. The third kappa shape index (κ3) is 1.41. The maximum absolute atomic E-state index is 4.24. The van der Waals surface area contributed by atoms with Gasteiger partial charge in [0.05, 0.1) is 0 Å². The Morgan fingerprint density at radius 2 is 2.00 bits per heavy atom. The van der Waals surface area contributed by atoms with Crippen molar-refractivity contribution in [1.29, 1.82) is 0 Å². The van der Waals surface area contributed by atoms with E-state index in [1.54, 1.807) is 0 Å². The van der Waals surface area contributed by atoms with E-state index in [2.05, 4.69) is 43.1 Å². The van der Waals surface area contributed by atoms with Crippen LogP contribution in [-0.2, 0) is 0 Å². The van der Waals surface area contributed by atoms with E-state index in [9.17, 15) is 0 Å². The van der Waals surface area contributed by atoms with Gasteiger partial charge >= 0.3 is 0 Å². The van der Waals surface area contributed by atoms with Crippen LogP contribution in [0.1, 0.15) is 19.4 Å². The van der Waals surface area contributed by atoms with Gasteiger partial charge in [-0.3, -0.25) is 4.98 Å². The average molecular weight is 183 g/mol. The van der Waals surface area contributed by atoms with Crippen LogP contribution < -0.4 is 0 Å². The van der Waals surface area contributed by atoms with E-state index in [1.807, 2.05) is 18.5 Å². The SMILES string of the molecule is C/C=C(\C)c1cncc2ccccc12. The number of hydrogen-bond acceptors (Lipinski definition) is 1. The van der Waals surface area contributed by atoms with Crippen LogP contribution in [0.3, 0.4) is 0 Å². The van der Waals surface area contributed by atoms with E-state index in [1.165, 1.54) is 21.9 Å². The first-order valence-corrected chi connectivity index (χ1v) is 4.79. The zero-order valence-electron chi connectivity index (χ0n) is 8.49. The smallest absolute Gasteiger partial charge is 0.0349 e. The highest BCUT2D eigenvalue weighted by atomic mass is 14.6. The molecule has 0 aliphatic rings. The number of fused-ring (bicyclic) bond motifs is 1. The number of nitrogens with zero attached hydrogens (tertiary/aromatic N) is 1. The van der Waals surface area contributed by atoms with Gasteiger partial charge in [-0.2, -0.15) is 0 Å². The Balaban J connectivity index is 2.77. The van der Waals surface area contributed by atoms with Crippen molar-refractivity contribution in [1.82, 2.24) is 4.98 Å². The number of rotatable bonds is 1. The second kappa shape index (κ2) is 3.62. The molecule has 0 aliphatic carbocycles. The molecule has 0 amide bonds. The lowest BCUT2D eigenvalue weighted by atomic mass is 10.0. The van der Waals surface area contributed by atoms with Crippen molar-refractivity contribution in [3.63, 3.8) is 0 Å². The highest BCUT2D eigenvalue weighted by Gasteiger charge is 2.00. The predicted molar refractivity (Wildman–Crippen MR) is 61.1 cm³/mol. The molecule has 1 heteroatoms. The second-order valence-electron chi connectivity index (χ2n) is 3.38. The number of benzene rings is 1. The fraction of sp³-hybridized carbons (Fsp3) is 0.154. The molecule has 70 valence electrons. The zero-order chi connectivity index (χ0) is 9.97. The summed E-state index contributed by atoms with van der Waals surface area (Å²) in [7, 11) is 0. The molecule has 1 aromatic carbocycles. The van der Waals surface area contributed by atoms with Crippen molar-refractivity contribution in [2.75, 3.05) is 0 Å². The fourth-order valence-electron chi connectivity index (χ4n) is 1.59. The minimum absolute atomic E-state index is 1.20. The molecule has 1 aromatic heterocycles. The lowest BCUT2D eigenvalue weighted by Crippen LogP contribution is -1.84. The molecule has 0 radical (unpaired) electrons. The quantitative estimate of drug-likeness (QED) is 0.657. The summed E-state index contributed by atoms with van der Waals surface area (Å²) in [6.07, 6.45) is 5.95. The molecular formula is C13H13N. The van der Waals surface area contributed by atoms with Crippen LogP contribution in [0.5, 0.6) is 0 Å². The number of pyridine rings is 1. The molecule has 0 saturated carbocycles. The Morgan fingerprint density at radius 3 is 2.79 bits per heavy atom. The molecular weight excluding hydrogens is 170 g/mol. The van der Waals surface area contributed by atoms with Gasteiger partial charge in [0.15, 0.2) is 0 Å². The van der Waals surface area contributed by atoms with Gasteiger partial charge in [-0.25, -0.2) is 0 Å². The van der Waals surface area contributed by atoms with Gasteiger partial charge < -0.3 is 0 Å². The Labute approximate surface area is 84.1 Å². The third-order valence-electron chi connectivity index (χ3n) is 2.53. The van der Waals surface area contributed by atoms with Crippen LogP contribution in [0.25, 0.3) is 16.3 Å². The van der Waals surface area contributed by atoms with Gasteiger partial charge in [0.2, 0.25) is 0 Å². The maximum Gasteiger partial charge on any atom is 0.0349 e. The van der Waals surface area contributed by atoms with E-state index < -0.39 is 0 Å². The molecule has 0 N–H and O–H groups in total. The summed E-state index contributed by atoms with van der Waals surface area (Å²) < 4.78 is 0. The van der Waals surface area contributed by atoms with Crippen molar-refractivity contribution < 1.29 is 0 Å². The highest BCUT2D eigenvalue weighted by Crippen LogP contribution is 2.23. The molecule has 14 heavy (non-hydrogen) atoms. The fourth-order valence-corrected chi connectivity index (χ4v) is 1.59. The Hall–Kier alpha value is -1.63. The summed E-state index contributed by atoms with van der Waals surface area (Å²) >= 11 is 0. The largest absolute Gasteiger partial charge is 0.263 e. The topological polar surface area (TPSA) is 12.9 Å². The van der Waals surface area contributed by atoms with Crippen molar-refractivity contribution in [2.24, 2.45) is 0 Å². The van der Waals surface area contributed by atoms with E-state index in [0.717, 1.165) is 0 Å². The molecule has 0 saturated heterocycles. The molecule has 0 bridgehead atoms. The summed E-state index contributed by atoms with van der Waals surface area (Å²) in [4.78, 5) is 4.24. The molecule has 1 nitrogen and oxygen atoms in total. The van der Waals surface area contributed by atoms with E-state index in [-0.39, 0.29) is 0 Å². The van der Waals surface area contributed by atoms with Crippen molar-refractivity contribution in [2.45, 2.75) is 13.8 Å². The van der Waals surface area contributed by atoms with Gasteiger partial charge in [0, 0.05) is 23.3 Å². The molecule has 0 atom stereocenters. The second-order valence-corrected chi connectivity index (χ2v) is 3.38. The Morgan fingerprint density at radius 1 is 1.21 bits per heavy atom. The van der Waals surface area contributed by atoms with Crippen molar-refractivity contribution in [3.8, 4) is 0 Å². The van der Waals surface area contributed by atoms with E-state index in [0.29, 0.717) is 0 Å². The van der Waals surface area contributed by atoms with Gasteiger partial charge in [-0.1, -0.05) is 30.3 Å². The summed E-state index contributed by atoms with van der Waals surface area (Å²) in [6.45, 7) is 4.17. The van der Waals surface area contributed by atoms with Crippen LogP contribution in [0.4, 0.5) is 0 Å². The van der Waals surface area contributed by atoms with Gasteiger partial charge in [0.1, 0.15) is 0 Å². The summed E-state index contributed by atoms with van der Waals surface area (Å²) in [5, 5.41) is 2.48. The third-order valence-corrected chi connectivity index (χ3v) is 2.53. The molecule has 0 aliphatic heterocycles. The van der Waals surface area contributed by atoms with Crippen molar-refractivity contribution >= 4 is 16.3 Å². The minimum Gasteiger partial charge on any atom is -0.263 e. The minimum atomic E-state index is 1.20. The van der Waals surface area contributed by atoms with Gasteiger partial charge in [0.25, 0.3) is 0 Å². The molecule has 1 heterocycles. The summed E-state index contributed by atoms with van der Waals surface area (Å²) in [5.74, 6) is 0. The van der Waals surface area contributed by atoms with E-state index in [4.69, 9.17) is 0 Å². The first-order valence-electron chi connectivity index (χ1n) is 4.79. The number of hydrogen-bond donors (Lipinski definition) is 0. The zero-order valence-corrected chi connectivity index (χ0v) is 8.49. The van der Waals surface area contributed by atoms with Crippen LogP contribution in [0, 0.1) is 0 Å².